The van der Waals surface area contributed by atoms with Crippen molar-refractivity contribution < 1.29 is 4.42 Å². The maximum atomic E-state index is 5.57. The fourth-order valence-electron chi connectivity index (χ4n) is 2.22. The number of benzene rings is 1. The van der Waals surface area contributed by atoms with Gasteiger partial charge in [0.25, 0.3) is 0 Å². The quantitative estimate of drug-likeness (QED) is 0.869. The number of nitrogens with one attached hydrogen (secondary N) is 1. The van der Waals surface area contributed by atoms with Gasteiger partial charge in [-0.3, -0.25) is 0 Å². The number of furan rings is 1. The summed E-state index contributed by atoms with van der Waals surface area (Å²) in [6, 6.07) is 13.2. The molecule has 108 valence electrons. The first-order chi connectivity index (χ1) is 9.36. The normalized spacial score (nSPS) is 13.4. The lowest BCUT2D eigenvalue weighted by molar-refractivity contribution is 0.444. The van der Waals surface area contributed by atoms with Gasteiger partial charge in [-0.25, -0.2) is 0 Å². The lowest BCUT2D eigenvalue weighted by atomic mass is 9.86. The zero-order valence-electron chi connectivity index (χ0n) is 13.2. The third kappa shape index (κ3) is 3.73. The van der Waals surface area contributed by atoms with Gasteiger partial charge in [0.15, 0.2) is 0 Å². The average Bonchev–Trinajstić information content (AvgIpc) is 2.81. The highest BCUT2D eigenvalue weighted by Crippen LogP contribution is 2.24. The SMILES string of the molecule is Cc1ccc(CNC(C)c2ccc(C(C)(C)C)cc2)o1. The Morgan fingerprint density at radius 3 is 2.20 bits per heavy atom. The van der Waals surface area contributed by atoms with Crippen molar-refractivity contribution in [2.24, 2.45) is 0 Å². The monoisotopic (exact) mass is 271 g/mol. The Labute approximate surface area is 122 Å². The zero-order chi connectivity index (χ0) is 14.8. The molecule has 0 bridgehead atoms. The largest absolute Gasteiger partial charge is 0.465 e. The summed E-state index contributed by atoms with van der Waals surface area (Å²) >= 11 is 0. The Morgan fingerprint density at radius 2 is 1.70 bits per heavy atom. The molecule has 1 atom stereocenters. The Hall–Kier alpha value is -1.54. The molecule has 0 aliphatic carbocycles. The average molecular weight is 271 g/mol. The van der Waals surface area contributed by atoms with Gasteiger partial charge in [0.2, 0.25) is 0 Å². The van der Waals surface area contributed by atoms with Gasteiger partial charge in [0.1, 0.15) is 11.5 Å². The van der Waals surface area contributed by atoms with Crippen LogP contribution in [0.25, 0.3) is 0 Å². The van der Waals surface area contributed by atoms with E-state index in [4.69, 9.17) is 4.42 Å². The third-order valence-corrected chi connectivity index (χ3v) is 3.66. The molecule has 1 unspecified atom stereocenters. The Kier molecular flexibility index (Phi) is 4.34. The topological polar surface area (TPSA) is 25.2 Å². The summed E-state index contributed by atoms with van der Waals surface area (Å²) in [5, 5.41) is 3.49. The van der Waals surface area contributed by atoms with E-state index in [1.165, 1.54) is 11.1 Å². The van der Waals surface area contributed by atoms with Gasteiger partial charge in [-0.1, -0.05) is 45.0 Å². The Morgan fingerprint density at radius 1 is 1.05 bits per heavy atom. The molecule has 0 radical (unpaired) electrons. The number of hydrogen-bond acceptors (Lipinski definition) is 2. The Bertz CT molecular complexity index is 546. The molecule has 1 N–H and O–H groups in total. The van der Waals surface area contributed by atoms with Gasteiger partial charge in [-0.15, -0.1) is 0 Å². The van der Waals surface area contributed by atoms with Crippen molar-refractivity contribution in [3.63, 3.8) is 0 Å². The van der Waals surface area contributed by atoms with E-state index in [0.717, 1.165) is 18.1 Å². The molecule has 0 saturated carbocycles. The Balaban J connectivity index is 1.97. The molecule has 2 nitrogen and oxygen atoms in total. The van der Waals surface area contributed by atoms with Crippen molar-refractivity contribution in [2.45, 2.75) is 52.6 Å². The third-order valence-electron chi connectivity index (χ3n) is 3.66. The summed E-state index contributed by atoms with van der Waals surface area (Å²) in [4.78, 5) is 0. The second kappa shape index (κ2) is 5.84. The minimum absolute atomic E-state index is 0.209. The van der Waals surface area contributed by atoms with E-state index in [0.29, 0.717) is 6.04 Å². The highest BCUT2D eigenvalue weighted by molar-refractivity contribution is 5.29. The van der Waals surface area contributed by atoms with Crippen LogP contribution in [0.15, 0.2) is 40.8 Å². The first-order valence-electron chi connectivity index (χ1n) is 7.25. The van der Waals surface area contributed by atoms with Crippen molar-refractivity contribution in [1.29, 1.82) is 0 Å². The lowest BCUT2D eigenvalue weighted by Gasteiger charge is -2.20. The van der Waals surface area contributed by atoms with Crippen LogP contribution in [0.3, 0.4) is 0 Å². The predicted octanol–water partition coefficient (Wildman–Crippen LogP) is 4.74. The van der Waals surface area contributed by atoms with Crippen LogP contribution in [0.4, 0.5) is 0 Å². The van der Waals surface area contributed by atoms with Gasteiger partial charge in [0.05, 0.1) is 6.54 Å². The molecule has 0 saturated heterocycles. The van der Waals surface area contributed by atoms with Gasteiger partial charge in [-0.05, 0) is 42.5 Å². The number of rotatable bonds is 4. The van der Waals surface area contributed by atoms with Crippen molar-refractivity contribution in [3.05, 3.63) is 59.0 Å². The molecule has 0 aliphatic heterocycles. The van der Waals surface area contributed by atoms with Crippen LogP contribution in [0, 0.1) is 6.92 Å². The number of aryl methyl sites for hydroxylation is 1. The molecule has 0 fully saturated rings. The summed E-state index contributed by atoms with van der Waals surface area (Å²) in [6.45, 7) is 11.6. The van der Waals surface area contributed by atoms with E-state index in [1.54, 1.807) is 0 Å². The van der Waals surface area contributed by atoms with Crippen LogP contribution in [0.1, 0.15) is 56.4 Å². The maximum Gasteiger partial charge on any atom is 0.117 e. The molecule has 20 heavy (non-hydrogen) atoms. The molecule has 2 rings (SSSR count). The maximum absolute atomic E-state index is 5.57. The molecule has 0 aliphatic rings. The van der Waals surface area contributed by atoms with E-state index in [9.17, 15) is 0 Å². The molecule has 2 heteroatoms. The first kappa shape index (κ1) is 14.9. The second-order valence-corrected chi connectivity index (χ2v) is 6.49. The number of hydrogen-bond donors (Lipinski definition) is 1. The summed E-state index contributed by atoms with van der Waals surface area (Å²) in [7, 11) is 0. The van der Waals surface area contributed by atoms with E-state index in [-0.39, 0.29) is 5.41 Å². The van der Waals surface area contributed by atoms with Crippen molar-refractivity contribution in [3.8, 4) is 0 Å². The fraction of sp³-hybridized carbons (Fsp3) is 0.444. The van der Waals surface area contributed by atoms with Crippen LogP contribution in [0.2, 0.25) is 0 Å². The molecule has 1 aromatic carbocycles. The smallest absolute Gasteiger partial charge is 0.117 e. The van der Waals surface area contributed by atoms with Gasteiger partial charge in [-0.2, -0.15) is 0 Å². The molecular weight excluding hydrogens is 246 g/mol. The van der Waals surface area contributed by atoms with Crippen LogP contribution >= 0.6 is 0 Å². The van der Waals surface area contributed by atoms with Gasteiger partial charge >= 0.3 is 0 Å². The zero-order valence-corrected chi connectivity index (χ0v) is 13.2. The second-order valence-electron chi connectivity index (χ2n) is 6.49. The summed E-state index contributed by atoms with van der Waals surface area (Å²) in [5.41, 5.74) is 2.89. The summed E-state index contributed by atoms with van der Waals surface area (Å²) in [5.74, 6) is 1.95. The highest BCUT2D eigenvalue weighted by atomic mass is 16.3. The molecular formula is C18H25NO. The van der Waals surface area contributed by atoms with Crippen molar-refractivity contribution in [2.75, 3.05) is 0 Å². The van der Waals surface area contributed by atoms with Crippen LogP contribution in [0.5, 0.6) is 0 Å². The fourth-order valence-corrected chi connectivity index (χ4v) is 2.22. The molecule has 1 heterocycles. The van der Waals surface area contributed by atoms with Crippen molar-refractivity contribution >= 4 is 0 Å². The van der Waals surface area contributed by atoms with Crippen LogP contribution in [-0.4, -0.2) is 0 Å². The van der Waals surface area contributed by atoms with E-state index < -0.39 is 0 Å². The van der Waals surface area contributed by atoms with Crippen LogP contribution in [-0.2, 0) is 12.0 Å². The molecule has 2 aromatic rings. The lowest BCUT2D eigenvalue weighted by Crippen LogP contribution is -2.18. The standard InChI is InChI=1S/C18H25NO/c1-13-6-11-17(20-13)12-19-14(2)15-7-9-16(10-8-15)18(3,4)5/h6-11,14,19H,12H2,1-5H3. The summed E-state index contributed by atoms with van der Waals surface area (Å²) in [6.07, 6.45) is 0. The molecule has 0 spiro atoms. The summed E-state index contributed by atoms with van der Waals surface area (Å²) < 4.78 is 5.57. The van der Waals surface area contributed by atoms with Crippen LogP contribution < -0.4 is 5.32 Å². The van der Waals surface area contributed by atoms with Crippen molar-refractivity contribution in [1.82, 2.24) is 5.32 Å². The first-order valence-corrected chi connectivity index (χ1v) is 7.25. The highest BCUT2D eigenvalue weighted by Gasteiger charge is 2.14. The van der Waals surface area contributed by atoms with Gasteiger partial charge in [0, 0.05) is 6.04 Å². The molecule has 1 aromatic heterocycles. The van der Waals surface area contributed by atoms with E-state index in [2.05, 4.69) is 57.3 Å². The minimum atomic E-state index is 0.209. The van der Waals surface area contributed by atoms with Gasteiger partial charge < -0.3 is 9.73 Å². The van der Waals surface area contributed by atoms with E-state index >= 15 is 0 Å². The van der Waals surface area contributed by atoms with E-state index in [1.807, 2.05) is 19.1 Å². The predicted molar refractivity (Wildman–Crippen MR) is 83.8 cm³/mol. The minimum Gasteiger partial charge on any atom is -0.465 e. The molecule has 0 amide bonds.